The minimum Gasteiger partial charge on any atom is -0.351 e. The van der Waals surface area contributed by atoms with Gasteiger partial charge in [-0.05, 0) is 18.2 Å². The number of anilines is 1. The summed E-state index contributed by atoms with van der Waals surface area (Å²) in [5.41, 5.74) is -2.83. The molecule has 1 aromatic rings. The molecule has 0 spiro atoms. The first-order valence-electron chi connectivity index (χ1n) is 4.63. The molecule has 2 rings (SSSR count). The standard InChI is InChI=1S/C10H7F4NO2/c11-6-2-1-3-7(4-6)15-8(16)9(5-17-9)10(12,13)14/h1-4H,5H2,(H,15,16)/t9-/m1/s1. The molecule has 0 aromatic heterocycles. The topological polar surface area (TPSA) is 41.6 Å². The monoisotopic (exact) mass is 249 g/mol. The SMILES string of the molecule is O=C(Nc1cccc(F)c1)[C@@]1(C(F)(F)F)CO1. The van der Waals surface area contributed by atoms with Crippen molar-refractivity contribution in [3.8, 4) is 0 Å². The third kappa shape index (κ3) is 2.10. The first-order valence-corrected chi connectivity index (χ1v) is 4.63. The Balaban J connectivity index is 2.13. The van der Waals surface area contributed by atoms with E-state index in [-0.39, 0.29) is 5.69 Å². The summed E-state index contributed by atoms with van der Waals surface area (Å²) in [5.74, 6) is -1.99. The van der Waals surface area contributed by atoms with Crippen LogP contribution < -0.4 is 5.32 Å². The van der Waals surface area contributed by atoms with Crippen molar-refractivity contribution in [1.29, 1.82) is 0 Å². The molecular formula is C10H7F4NO2. The van der Waals surface area contributed by atoms with E-state index in [4.69, 9.17) is 0 Å². The number of hydrogen-bond donors (Lipinski definition) is 1. The van der Waals surface area contributed by atoms with E-state index in [2.05, 4.69) is 4.74 Å². The molecular weight excluding hydrogens is 242 g/mol. The fourth-order valence-corrected chi connectivity index (χ4v) is 1.29. The molecule has 0 saturated carbocycles. The van der Waals surface area contributed by atoms with Crippen LogP contribution in [0.15, 0.2) is 24.3 Å². The Morgan fingerprint density at radius 3 is 2.53 bits per heavy atom. The van der Waals surface area contributed by atoms with Crippen LogP contribution in [0.4, 0.5) is 23.2 Å². The highest BCUT2D eigenvalue weighted by Crippen LogP contribution is 2.44. The zero-order valence-electron chi connectivity index (χ0n) is 8.34. The van der Waals surface area contributed by atoms with Crippen LogP contribution in [-0.2, 0) is 9.53 Å². The number of benzene rings is 1. The van der Waals surface area contributed by atoms with Crippen LogP contribution >= 0.6 is 0 Å². The predicted octanol–water partition coefficient (Wildman–Crippen LogP) is 2.10. The lowest BCUT2D eigenvalue weighted by atomic mass is 10.1. The van der Waals surface area contributed by atoms with Gasteiger partial charge in [0.15, 0.2) is 0 Å². The highest BCUT2D eigenvalue weighted by Gasteiger charge is 2.71. The number of carbonyl (C=O) groups is 1. The smallest absolute Gasteiger partial charge is 0.351 e. The molecule has 0 aliphatic carbocycles. The Kier molecular flexibility index (Phi) is 2.57. The summed E-state index contributed by atoms with van der Waals surface area (Å²) >= 11 is 0. The molecule has 0 radical (unpaired) electrons. The molecule has 1 atom stereocenters. The van der Waals surface area contributed by atoms with E-state index in [1.54, 1.807) is 0 Å². The van der Waals surface area contributed by atoms with Crippen molar-refractivity contribution in [2.75, 3.05) is 11.9 Å². The van der Waals surface area contributed by atoms with Gasteiger partial charge in [-0.25, -0.2) is 4.39 Å². The fraction of sp³-hybridized carbons (Fsp3) is 0.300. The predicted molar refractivity (Wildman–Crippen MR) is 49.8 cm³/mol. The number of epoxide rings is 1. The lowest BCUT2D eigenvalue weighted by Gasteiger charge is -2.15. The number of halogens is 4. The van der Waals surface area contributed by atoms with Crippen molar-refractivity contribution in [3.63, 3.8) is 0 Å². The molecule has 92 valence electrons. The maximum atomic E-state index is 12.8. The van der Waals surface area contributed by atoms with E-state index in [9.17, 15) is 22.4 Å². The Bertz CT molecular complexity index is 454. The summed E-state index contributed by atoms with van der Waals surface area (Å²) in [6.07, 6.45) is -4.77. The van der Waals surface area contributed by atoms with E-state index in [1.807, 2.05) is 5.32 Å². The Morgan fingerprint density at radius 2 is 2.06 bits per heavy atom. The molecule has 1 saturated heterocycles. The van der Waals surface area contributed by atoms with Gasteiger partial charge in [0, 0.05) is 5.69 Å². The molecule has 7 heteroatoms. The fourth-order valence-electron chi connectivity index (χ4n) is 1.29. The molecule has 1 fully saturated rings. The van der Waals surface area contributed by atoms with Crippen molar-refractivity contribution in [1.82, 2.24) is 0 Å². The lowest BCUT2D eigenvalue weighted by Crippen LogP contribution is -2.44. The van der Waals surface area contributed by atoms with Gasteiger partial charge in [-0.1, -0.05) is 6.07 Å². The van der Waals surface area contributed by atoms with Gasteiger partial charge in [0.05, 0.1) is 6.61 Å². The molecule has 1 N–H and O–H groups in total. The van der Waals surface area contributed by atoms with Gasteiger partial charge in [0.25, 0.3) is 11.5 Å². The van der Waals surface area contributed by atoms with Crippen LogP contribution in [0, 0.1) is 5.82 Å². The molecule has 3 nitrogen and oxygen atoms in total. The van der Waals surface area contributed by atoms with Crippen molar-refractivity contribution in [2.45, 2.75) is 11.8 Å². The first kappa shape index (κ1) is 11.8. The number of nitrogens with one attached hydrogen (secondary N) is 1. The first-order chi connectivity index (χ1) is 7.85. The van der Waals surface area contributed by atoms with Gasteiger partial charge in [-0.2, -0.15) is 13.2 Å². The summed E-state index contributed by atoms with van der Waals surface area (Å²) in [7, 11) is 0. The van der Waals surface area contributed by atoms with Crippen molar-refractivity contribution in [2.24, 2.45) is 0 Å². The number of carbonyl (C=O) groups excluding carboxylic acids is 1. The van der Waals surface area contributed by atoms with Gasteiger partial charge in [-0.15, -0.1) is 0 Å². The summed E-state index contributed by atoms with van der Waals surface area (Å²) in [5, 5.41) is 1.97. The normalized spacial score (nSPS) is 23.3. The largest absolute Gasteiger partial charge is 0.429 e. The van der Waals surface area contributed by atoms with E-state index in [1.165, 1.54) is 12.1 Å². The lowest BCUT2D eigenvalue weighted by molar-refractivity contribution is -0.186. The third-order valence-electron chi connectivity index (χ3n) is 2.34. The van der Waals surface area contributed by atoms with Crippen molar-refractivity contribution in [3.05, 3.63) is 30.1 Å². The van der Waals surface area contributed by atoms with Crippen molar-refractivity contribution < 1.29 is 27.1 Å². The minimum absolute atomic E-state index is 0.0471. The van der Waals surface area contributed by atoms with Gasteiger partial charge in [0.2, 0.25) is 0 Å². The Labute approximate surface area is 93.4 Å². The van der Waals surface area contributed by atoms with Crippen molar-refractivity contribution >= 4 is 11.6 Å². The molecule has 1 aliphatic rings. The maximum absolute atomic E-state index is 12.8. The molecule has 0 unspecified atom stereocenters. The van der Waals surface area contributed by atoms with Crippen LogP contribution in [0.5, 0.6) is 0 Å². The Morgan fingerprint density at radius 1 is 1.41 bits per heavy atom. The maximum Gasteiger partial charge on any atom is 0.429 e. The third-order valence-corrected chi connectivity index (χ3v) is 2.34. The highest BCUT2D eigenvalue weighted by atomic mass is 19.4. The molecule has 1 aliphatic heterocycles. The second-order valence-electron chi connectivity index (χ2n) is 3.58. The molecule has 1 amide bonds. The molecule has 0 bridgehead atoms. The van der Waals surface area contributed by atoms with E-state index < -0.39 is 30.1 Å². The quantitative estimate of drug-likeness (QED) is 0.644. The molecule has 17 heavy (non-hydrogen) atoms. The van der Waals surface area contributed by atoms with Crippen LogP contribution in [0.3, 0.4) is 0 Å². The summed E-state index contributed by atoms with van der Waals surface area (Å²) in [6, 6.07) is 4.60. The second kappa shape index (κ2) is 3.69. The molecule has 1 heterocycles. The van der Waals surface area contributed by atoms with Crippen LogP contribution in [0.2, 0.25) is 0 Å². The average Bonchev–Trinajstić information content (AvgIpc) is 2.96. The van der Waals surface area contributed by atoms with Gasteiger partial charge >= 0.3 is 6.18 Å². The van der Waals surface area contributed by atoms with Gasteiger partial charge < -0.3 is 10.1 Å². The summed E-state index contributed by atoms with van der Waals surface area (Å²) in [4.78, 5) is 11.4. The average molecular weight is 249 g/mol. The number of ether oxygens (including phenoxy) is 1. The summed E-state index contributed by atoms with van der Waals surface area (Å²) < 4.78 is 54.4. The minimum atomic E-state index is -4.77. The van der Waals surface area contributed by atoms with Gasteiger partial charge in [0.1, 0.15) is 5.82 Å². The zero-order chi connectivity index (χ0) is 12.7. The molecule has 1 aromatic carbocycles. The zero-order valence-corrected chi connectivity index (χ0v) is 8.34. The number of amides is 1. The summed E-state index contributed by atoms with van der Waals surface area (Å²) in [6.45, 7) is -0.711. The van der Waals surface area contributed by atoms with Crippen LogP contribution in [0.1, 0.15) is 0 Å². The highest BCUT2D eigenvalue weighted by molar-refractivity contribution is 5.99. The van der Waals surface area contributed by atoms with Gasteiger partial charge in [-0.3, -0.25) is 4.79 Å². The van der Waals surface area contributed by atoms with Crippen LogP contribution in [0.25, 0.3) is 0 Å². The Hall–Kier alpha value is -1.63. The van der Waals surface area contributed by atoms with Crippen LogP contribution in [-0.4, -0.2) is 24.3 Å². The second-order valence-corrected chi connectivity index (χ2v) is 3.58. The van der Waals surface area contributed by atoms with E-state index >= 15 is 0 Å². The number of rotatable bonds is 2. The van der Waals surface area contributed by atoms with E-state index in [0.29, 0.717) is 0 Å². The number of hydrogen-bond acceptors (Lipinski definition) is 2. The van der Waals surface area contributed by atoms with E-state index in [0.717, 1.165) is 12.1 Å². The number of alkyl halides is 3.